The lowest BCUT2D eigenvalue weighted by molar-refractivity contribution is 0.112. The molecule has 96 valence electrons. The van der Waals surface area contributed by atoms with Gasteiger partial charge in [0.25, 0.3) is 0 Å². The van der Waals surface area contributed by atoms with Crippen LogP contribution in [0.15, 0.2) is 34.4 Å². The van der Waals surface area contributed by atoms with Crippen LogP contribution in [0.3, 0.4) is 0 Å². The molecule has 0 bridgehead atoms. The highest BCUT2D eigenvalue weighted by molar-refractivity contribution is 7.99. The van der Waals surface area contributed by atoms with Gasteiger partial charge >= 0.3 is 0 Å². The fourth-order valence-corrected chi connectivity index (χ4v) is 2.95. The van der Waals surface area contributed by atoms with Crippen LogP contribution in [-0.4, -0.2) is 26.0 Å². The maximum atomic E-state index is 11.1. The van der Waals surface area contributed by atoms with E-state index in [0.29, 0.717) is 5.56 Å². The fraction of sp³-hybridized carbons (Fsp3) is 0.154. The summed E-state index contributed by atoms with van der Waals surface area (Å²) in [6, 6.07) is 7.83. The van der Waals surface area contributed by atoms with E-state index in [0.717, 1.165) is 33.2 Å². The number of aromatic amines is 1. The molecule has 0 fully saturated rings. The highest BCUT2D eigenvalue weighted by Gasteiger charge is 2.15. The van der Waals surface area contributed by atoms with Crippen LogP contribution in [0.1, 0.15) is 16.1 Å². The van der Waals surface area contributed by atoms with Gasteiger partial charge in [-0.3, -0.25) is 9.48 Å². The van der Waals surface area contributed by atoms with Crippen molar-refractivity contribution in [1.82, 2.24) is 19.7 Å². The second-order valence-electron chi connectivity index (χ2n) is 4.21. The molecule has 3 rings (SSSR count). The summed E-state index contributed by atoms with van der Waals surface area (Å²) in [6.07, 6.45) is 0.841. The number of nitrogens with one attached hydrogen (secondary N) is 1. The van der Waals surface area contributed by atoms with Gasteiger partial charge in [0.05, 0.1) is 22.3 Å². The molecular formula is C13H12N4OS. The Morgan fingerprint density at radius 1 is 1.37 bits per heavy atom. The Balaban J connectivity index is 2.03. The van der Waals surface area contributed by atoms with Gasteiger partial charge in [-0.15, -0.1) is 0 Å². The van der Waals surface area contributed by atoms with Crippen molar-refractivity contribution < 1.29 is 4.79 Å². The molecule has 0 radical (unpaired) electrons. The lowest BCUT2D eigenvalue weighted by Crippen LogP contribution is -1.93. The molecule has 0 aliphatic carbocycles. The van der Waals surface area contributed by atoms with Gasteiger partial charge in [-0.25, -0.2) is 4.98 Å². The highest BCUT2D eigenvalue weighted by atomic mass is 32.2. The lowest BCUT2D eigenvalue weighted by Gasteiger charge is -1.99. The normalized spacial score (nSPS) is 11.1. The standard InChI is InChI=1S/C13H12N4OS/c1-8-9(7-18)12(17(2)16-8)19-13-14-10-5-3-4-6-11(10)15-13/h3-7H,1-2H3,(H,14,15). The van der Waals surface area contributed by atoms with Gasteiger partial charge in [0.1, 0.15) is 5.03 Å². The molecule has 1 aromatic carbocycles. The van der Waals surface area contributed by atoms with Crippen molar-refractivity contribution in [1.29, 1.82) is 0 Å². The first-order chi connectivity index (χ1) is 9.19. The van der Waals surface area contributed by atoms with E-state index in [1.54, 1.807) is 4.68 Å². The summed E-state index contributed by atoms with van der Waals surface area (Å²) in [7, 11) is 1.82. The van der Waals surface area contributed by atoms with Crippen LogP contribution in [0.5, 0.6) is 0 Å². The molecule has 0 amide bonds. The van der Waals surface area contributed by atoms with Crippen LogP contribution in [-0.2, 0) is 7.05 Å². The van der Waals surface area contributed by atoms with E-state index in [-0.39, 0.29) is 0 Å². The molecule has 0 unspecified atom stereocenters. The molecule has 0 saturated carbocycles. The fourth-order valence-electron chi connectivity index (χ4n) is 1.98. The number of hydrogen-bond acceptors (Lipinski definition) is 4. The Hall–Kier alpha value is -2.08. The number of carbonyl (C=O) groups is 1. The van der Waals surface area contributed by atoms with Crippen molar-refractivity contribution in [3.63, 3.8) is 0 Å². The van der Waals surface area contributed by atoms with Gasteiger partial charge in [0, 0.05) is 7.05 Å². The average molecular weight is 272 g/mol. The minimum absolute atomic E-state index is 0.618. The molecule has 6 heteroatoms. The number of aryl methyl sites for hydroxylation is 2. The molecule has 2 aromatic heterocycles. The third-order valence-corrected chi connectivity index (χ3v) is 3.96. The van der Waals surface area contributed by atoms with Crippen molar-refractivity contribution in [2.45, 2.75) is 17.1 Å². The SMILES string of the molecule is Cc1nn(C)c(Sc2nc3ccccc3[nH]2)c1C=O. The zero-order valence-electron chi connectivity index (χ0n) is 10.5. The van der Waals surface area contributed by atoms with Crippen LogP contribution in [0.4, 0.5) is 0 Å². The Bertz CT molecular complexity index is 726. The number of rotatable bonds is 3. The number of aromatic nitrogens is 4. The molecule has 19 heavy (non-hydrogen) atoms. The molecule has 0 atom stereocenters. The number of fused-ring (bicyclic) bond motifs is 1. The van der Waals surface area contributed by atoms with Crippen LogP contribution in [0.2, 0.25) is 0 Å². The minimum Gasteiger partial charge on any atom is -0.333 e. The molecule has 0 aliphatic heterocycles. The predicted molar refractivity (Wildman–Crippen MR) is 73.5 cm³/mol. The van der Waals surface area contributed by atoms with Gasteiger partial charge in [-0.2, -0.15) is 5.10 Å². The molecule has 0 saturated heterocycles. The van der Waals surface area contributed by atoms with E-state index in [1.807, 2.05) is 38.2 Å². The zero-order chi connectivity index (χ0) is 13.4. The summed E-state index contributed by atoms with van der Waals surface area (Å²) >= 11 is 1.41. The van der Waals surface area contributed by atoms with E-state index >= 15 is 0 Å². The van der Waals surface area contributed by atoms with Gasteiger partial charge in [-0.1, -0.05) is 12.1 Å². The van der Waals surface area contributed by atoms with Crippen LogP contribution >= 0.6 is 11.8 Å². The van der Waals surface area contributed by atoms with E-state index in [4.69, 9.17) is 0 Å². The molecule has 0 aliphatic rings. The summed E-state index contributed by atoms with van der Waals surface area (Å²) in [5, 5.41) is 5.81. The molecule has 1 N–H and O–H groups in total. The van der Waals surface area contributed by atoms with Crippen molar-refractivity contribution >= 4 is 29.1 Å². The minimum atomic E-state index is 0.618. The maximum absolute atomic E-state index is 11.1. The highest BCUT2D eigenvalue weighted by Crippen LogP contribution is 2.30. The Kier molecular flexibility index (Phi) is 2.87. The second-order valence-corrected chi connectivity index (χ2v) is 5.18. The van der Waals surface area contributed by atoms with Crippen LogP contribution < -0.4 is 0 Å². The monoisotopic (exact) mass is 272 g/mol. The van der Waals surface area contributed by atoms with Gasteiger partial charge < -0.3 is 4.98 Å². The number of carbonyl (C=O) groups excluding carboxylic acids is 1. The lowest BCUT2D eigenvalue weighted by atomic mass is 10.3. The second kappa shape index (κ2) is 4.55. The topological polar surface area (TPSA) is 63.6 Å². The largest absolute Gasteiger partial charge is 0.333 e. The number of hydrogen-bond donors (Lipinski definition) is 1. The summed E-state index contributed by atoms with van der Waals surface area (Å²) in [5.74, 6) is 0. The van der Waals surface area contributed by atoms with Crippen molar-refractivity contribution in [2.24, 2.45) is 7.05 Å². The van der Waals surface area contributed by atoms with Crippen molar-refractivity contribution in [2.75, 3.05) is 0 Å². The summed E-state index contributed by atoms with van der Waals surface area (Å²) in [4.78, 5) is 18.8. The van der Waals surface area contributed by atoms with Gasteiger partial charge in [-0.05, 0) is 30.8 Å². The van der Waals surface area contributed by atoms with Crippen molar-refractivity contribution in [3.8, 4) is 0 Å². The third kappa shape index (κ3) is 2.04. The smallest absolute Gasteiger partial charge is 0.172 e. The number of nitrogens with zero attached hydrogens (tertiary/aromatic N) is 3. The van der Waals surface area contributed by atoms with Crippen LogP contribution in [0, 0.1) is 6.92 Å². The van der Waals surface area contributed by atoms with Gasteiger partial charge in [0.15, 0.2) is 11.4 Å². The molecule has 5 nitrogen and oxygen atoms in total. The number of benzene rings is 1. The van der Waals surface area contributed by atoms with Gasteiger partial charge in [0.2, 0.25) is 0 Å². The molecular weight excluding hydrogens is 260 g/mol. The van der Waals surface area contributed by atoms with E-state index in [9.17, 15) is 4.79 Å². The molecule has 3 aromatic rings. The Morgan fingerprint density at radius 2 is 2.16 bits per heavy atom. The quantitative estimate of drug-likeness (QED) is 0.744. The number of para-hydroxylation sites is 2. The van der Waals surface area contributed by atoms with E-state index in [2.05, 4.69) is 15.1 Å². The zero-order valence-corrected chi connectivity index (χ0v) is 11.4. The number of aldehydes is 1. The van der Waals surface area contributed by atoms with E-state index in [1.165, 1.54) is 11.8 Å². The molecule has 2 heterocycles. The number of imidazole rings is 1. The third-order valence-electron chi connectivity index (χ3n) is 2.89. The summed E-state index contributed by atoms with van der Waals surface area (Å²) < 4.78 is 1.71. The van der Waals surface area contributed by atoms with Crippen LogP contribution in [0.25, 0.3) is 11.0 Å². The van der Waals surface area contributed by atoms with E-state index < -0.39 is 0 Å². The van der Waals surface area contributed by atoms with Crippen molar-refractivity contribution in [3.05, 3.63) is 35.5 Å². The molecule has 0 spiro atoms. The maximum Gasteiger partial charge on any atom is 0.172 e. The summed E-state index contributed by atoms with van der Waals surface area (Å²) in [6.45, 7) is 1.83. The average Bonchev–Trinajstić information content (AvgIpc) is 2.91. The number of H-pyrrole nitrogens is 1. The first-order valence-corrected chi connectivity index (χ1v) is 6.62. The predicted octanol–water partition coefficient (Wildman–Crippen LogP) is 2.57. The first-order valence-electron chi connectivity index (χ1n) is 5.80. The Morgan fingerprint density at radius 3 is 2.89 bits per heavy atom. The Labute approximate surface area is 114 Å². The first kappa shape index (κ1) is 12.0. The summed E-state index contributed by atoms with van der Waals surface area (Å²) in [5.41, 5.74) is 3.25.